The van der Waals surface area contributed by atoms with Crippen LogP contribution in [-0.2, 0) is 18.8 Å². The number of anilines is 1. The van der Waals surface area contributed by atoms with Crippen molar-refractivity contribution in [2.24, 2.45) is 0 Å². The van der Waals surface area contributed by atoms with Gasteiger partial charge in [-0.3, -0.25) is 0 Å². The highest BCUT2D eigenvalue weighted by atomic mass is 79.9. The van der Waals surface area contributed by atoms with E-state index in [1.165, 1.54) is 0 Å². The Balaban J connectivity index is 1.74. The van der Waals surface area contributed by atoms with Crippen molar-refractivity contribution in [2.75, 3.05) is 12.0 Å². The summed E-state index contributed by atoms with van der Waals surface area (Å²) < 4.78 is 8.33. The topological polar surface area (TPSA) is 36.6 Å². The zero-order chi connectivity index (χ0) is 18.1. The highest BCUT2D eigenvalue weighted by Gasteiger charge is 2.51. The number of benzene rings is 2. The van der Waals surface area contributed by atoms with Crippen molar-refractivity contribution in [1.29, 1.82) is 0 Å². The molecule has 0 radical (unpaired) electrons. The molecule has 0 bridgehead atoms. The first-order valence-corrected chi connectivity index (χ1v) is 9.27. The van der Waals surface area contributed by atoms with Gasteiger partial charge in [-0.1, -0.05) is 46.3 Å². The smallest absolute Gasteiger partial charge is 0.279 e. The molecule has 132 valence electrons. The van der Waals surface area contributed by atoms with Gasteiger partial charge in [-0.25, -0.2) is 9.47 Å². The zero-order valence-corrected chi connectivity index (χ0v) is 16.1. The van der Waals surface area contributed by atoms with Crippen LogP contribution in [0.15, 0.2) is 77.4 Å². The number of aliphatic hydroxyl groups is 1. The van der Waals surface area contributed by atoms with E-state index >= 15 is 0 Å². The minimum absolute atomic E-state index is 0.487. The van der Waals surface area contributed by atoms with E-state index in [2.05, 4.69) is 25.4 Å². The summed E-state index contributed by atoms with van der Waals surface area (Å²) in [4.78, 5) is 2.05. The normalized spacial score (nSPS) is 18.7. The number of nitrogens with zero attached hydrogens (tertiary/aromatic N) is 2. The molecule has 0 amide bonds. The van der Waals surface area contributed by atoms with Gasteiger partial charge in [-0.05, 0) is 35.9 Å². The monoisotopic (exact) mass is 411 g/mol. The molecule has 1 atom stereocenters. The number of hydrogen-bond donors (Lipinski definition) is 1. The molecule has 0 spiro atoms. The number of ether oxygens (including phenoxy) is 1. The lowest BCUT2D eigenvalue weighted by molar-refractivity contribution is -0.683. The first-order valence-electron chi connectivity index (χ1n) is 8.47. The molecule has 0 unspecified atom stereocenters. The Kier molecular flexibility index (Phi) is 4.42. The molecule has 1 aliphatic rings. The largest absolute Gasteiger partial charge is 0.497 e. The van der Waals surface area contributed by atoms with Gasteiger partial charge >= 0.3 is 0 Å². The SMILES string of the molecule is COc1ccc(CN2c3cccc[n+]3C[C@@]2(O)c2ccc(Br)cc2)cc1. The predicted octanol–water partition coefficient (Wildman–Crippen LogP) is 3.61. The highest BCUT2D eigenvalue weighted by Crippen LogP contribution is 2.36. The second kappa shape index (κ2) is 6.74. The van der Waals surface area contributed by atoms with Gasteiger partial charge in [0.05, 0.1) is 13.3 Å². The first-order chi connectivity index (χ1) is 12.6. The predicted molar refractivity (Wildman–Crippen MR) is 104 cm³/mol. The zero-order valence-electron chi connectivity index (χ0n) is 14.5. The van der Waals surface area contributed by atoms with Crippen LogP contribution in [0.4, 0.5) is 5.82 Å². The van der Waals surface area contributed by atoms with Crippen molar-refractivity contribution in [3.05, 3.63) is 88.5 Å². The Morgan fingerprint density at radius 3 is 2.50 bits per heavy atom. The van der Waals surface area contributed by atoms with Gasteiger partial charge in [0.1, 0.15) is 12.3 Å². The Bertz CT molecular complexity index is 912. The maximum atomic E-state index is 11.7. The number of aromatic nitrogens is 1. The number of methoxy groups -OCH3 is 1. The van der Waals surface area contributed by atoms with E-state index in [-0.39, 0.29) is 0 Å². The van der Waals surface area contributed by atoms with Gasteiger partial charge < -0.3 is 9.84 Å². The quantitative estimate of drug-likeness (QED) is 0.666. The van der Waals surface area contributed by atoms with E-state index in [1.54, 1.807) is 7.11 Å². The van der Waals surface area contributed by atoms with Crippen molar-refractivity contribution >= 4 is 21.7 Å². The summed E-state index contributed by atoms with van der Waals surface area (Å²) in [5.41, 5.74) is 0.881. The fourth-order valence-electron chi connectivity index (χ4n) is 3.45. The Morgan fingerprint density at radius 2 is 1.81 bits per heavy atom. The standard InChI is InChI=1S/C21H20BrN2O2/c1-26-19-11-5-16(6-12-19)14-24-20-4-2-3-13-23(20)15-21(24,25)17-7-9-18(22)10-8-17/h2-13,25H,14-15H2,1H3/q+1/t21-/m1/s1. The van der Waals surface area contributed by atoms with Gasteiger partial charge in [-0.15, -0.1) is 0 Å². The lowest BCUT2D eigenvalue weighted by Gasteiger charge is -2.27. The highest BCUT2D eigenvalue weighted by molar-refractivity contribution is 9.10. The van der Waals surface area contributed by atoms with Gasteiger partial charge in [0.15, 0.2) is 6.54 Å². The number of pyridine rings is 1. The van der Waals surface area contributed by atoms with Crippen LogP contribution >= 0.6 is 15.9 Å². The van der Waals surface area contributed by atoms with Gasteiger partial charge in [-0.2, -0.15) is 0 Å². The molecule has 0 aliphatic carbocycles. The van der Waals surface area contributed by atoms with Crippen molar-refractivity contribution < 1.29 is 14.4 Å². The van der Waals surface area contributed by atoms with Crippen LogP contribution in [0, 0.1) is 0 Å². The third kappa shape index (κ3) is 2.97. The molecule has 4 rings (SSSR count). The fourth-order valence-corrected chi connectivity index (χ4v) is 3.71. The summed E-state index contributed by atoms with van der Waals surface area (Å²) in [5.74, 6) is 1.82. The third-order valence-corrected chi connectivity index (χ3v) is 5.37. The second-order valence-electron chi connectivity index (χ2n) is 6.44. The van der Waals surface area contributed by atoms with Gasteiger partial charge in [0, 0.05) is 16.1 Å². The molecule has 3 aromatic rings. The van der Waals surface area contributed by atoms with E-state index in [4.69, 9.17) is 4.74 Å². The van der Waals surface area contributed by atoms with Crippen LogP contribution in [-0.4, -0.2) is 12.2 Å². The van der Waals surface area contributed by atoms with Crippen molar-refractivity contribution in [3.8, 4) is 5.75 Å². The van der Waals surface area contributed by atoms with Crippen LogP contribution in [0.5, 0.6) is 5.75 Å². The molecule has 1 N–H and O–H groups in total. The molecule has 2 heterocycles. The lowest BCUT2D eigenvalue weighted by atomic mass is 10.0. The summed E-state index contributed by atoms with van der Waals surface area (Å²) >= 11 is 3.47. The fraction of sp³-hybridized carbons (Fsp3) is 0.190. The summed E-state index contributed by atoms with van der Waals surface area (Å²) in [5, 5.41) is 11.7. The average molecular weight is 412 g/mol. The number of fused-ring (bicyclic) bond motifs is 1. The summed E-state index contributed by atoms with van der Waals surface area (Å²) in [6.45, 7) is 1.08. The summed E-state index contributed by atoms with van der Waals surface area (Å²) in [7, 11) is 1.66. The molecule has 2 aromatic carbocycles. The van der Waals surface area contributed by atoms with Crippen LogP contribution in [0.25, 0.3) is 0 Å². The van der Waals surface area contributed by atoms with Gasteiger partial charge in [0.25, 0.3) is 11.5 Å². The van der Waals surface area contributed by atoms with E-state index in [1.807, 2.05) is 72.9 Å². The molecule has 0 saturated heterocycles. The van der Waals surface area contributed by atoms with Gasteiger partial charge in [0.2, 0.25) is 0 Å². The van der Waals surface area contributed by atoms with Crippen molar-refractivity contribution in [3.63, 3.8) is 0 Å². The molecule has 4 nitrogen and oxygen atoms in total. The maximum Gasteiger partial charge on any atom is 0.279 e. The van der Waals surface area contributed by atoms with Crippen LogP contribution in [0.1, 0.15) is 11.1 Å². The van der Waals surface area contributed by atoms with Crippen LogP contribution in [0.2, 0.25) is 0 Å². The molecule has 0 saturated carbocycles. The summed E-state index contributed by atoms with van der Waals surface area (Å²) in [6, 6.07) is 21.9. The lowest BCUT2D eigenvalue weighted by Crippen LogP contribution is -2.45. The number of hydrogen-bond acceptors (Lipinski definition) is 3. The molecule has 5 heteroatoms. The maximum absolute atomic E-state index is 11.7. The van der Waals surface area contributed by atoms with E-state index in [9.17, 15) is 5.11 Å². The van der Waals surface area contributed by atoms with E-state index in [0.717, 1.165) is 27.2 Å². The van der Waals surface area contributed by atoms with Crippen molar-refractivity contribution in [1.82, 2.24) is 0 Å². The second-order valence-corrected chi connectivity index (χ2v) is 7.36. The number of halogens is 1. The third-order valence-electron chi connectivity index (χ3n) is 4.84. The Morgan fingerprint density at radius 1 is 1.08 bits per heavy atom. The average Bonchev–Trinajstić information content (AvgIpc) is 2.96. The molecule has 1 aliphatic heterocycles. The molecule has 0 fully saturated rings. The van der Waals surface area contributed by atoms with Crippen LogP contribution < -0.4 is 14.2 Å². The summed E-state index contributed by atoms with van der Waals surface area (Å²) in [6.07, 6.45) is 2.01. The Labute approximate surface area is 161 Å². The molecular weight excluding hydrogens is 392 g/mol. The minimum Gasteiger partial charge on any atom is -0.497 e. The Hall–Kier alpha value is -2.37. The molecule has 26 heavy (non-hydrogen) atoms. The van der Waals surface area contributed by atoms with E-state index < -0.39 is 5.72 Å². The molecular formula is C21H20BrN2O2+. The number of rotatable bonds is 4. The van der Waals surface area contributed by atoms with Crippen molar-refractivity contribution in [2.45, 2.75) is 18.8 Å². The minimum atomic E-state index is -1.10. The van der Waals surface area contributed by atoms with Crippen LogP contribution in [0.3, 0.4) is 0 Å². The van der Waals surface area contributed by atoms with E-state index in [0.29, 0.717) is 13.1 Å². The molecule has 1 aromatic heterocycles. The first kappa shape index (κ1) is 17.1.